The number of hydrogen-bond acceptors (Lipinski definition) is 0. The van der Waals surface area contributed by atoms with Gasteiger partial charge in [-0.25, -0.2) is 0 Å². The van der Waals surface area contributed by atoms with E-state index in [4.69, 9.17) is 0 Å². The molecule has 0 aromatic heterocycles. The van der Waals surface area contributed by atoms with Crippen molar-refractivity contribution in [1.82, 2.24) is 0 Å². The largest absolute Gasteiger partial charge is 0.328 e. The van der Waals surface area contributed by atoms with E-state index in [2.05, 4.69) is 34.9 Å². The van der Waals surface area contributed by atoms with Crippen molar-refractivity contribution < 1.29 is 4.48 Å². The highest BCUT2D eigenvalue weighted by atomic mass is 15.3. The number of unbranched alkanes of at least 4 members (excludes halogenated alkanes) is 15. The first-order valence-electron chi connectivity index (χ1n) is 12.8. The average Bonchev–Trinajstić information content (AvgIpc) is 2.62. The van der Waals surface area contributed by atoms with Gasteiger partial charge >= 0.3 is 0 Å². The second-order valence-electron chi connectivity index (χ2n) is 10.2. The number of rotatable bonds is 21. The molecule has 0 aromatic carbocycles. The number of quaternary nitrogens is 1. The maximum absolute atomic E-state index is 2.43. The summed E-state index contributed by atoms with van der Waals surface area (Å²) in [6, 6.07) is 0. The lowest BCUT2D eigenvalue weighted by molar-refractivity contribution is -0.890. The molecule has 1 heteroatoms. The lowest BCUT2D eigenvalue weighted by atomic mass is 10.0. The summed E-state index contributed by atoms with van der Waals surface area (Å²) in [4.78, 5) is 0. The number of nitrogens with zero attached hydrogens (tertiary/aromatic N) is 1. The Labute approximate surface area is 174 Å². The standard InChI is InChI=1S/C26H56N/c1-6-7-8-9-10-11-12-13-14-15-16-17-18-19-21-24-27(4,5)25-22-20-23-26(2)3/h26H,6-25H2,1-5H3/q+1. The predicted octanol–water partition coefficient (Wildman–Crippen LogP) is 8.76. The highest BCUT2D eigenvalue weighted by Crippen LogP contribution is 2.14. The van der Waals surface area contributed by atoms with Crippen molar-refractivity contribution in [3.8, 4) is 0 Å². The van der Waals surface area contributed by atoms with Crippen LogP contribution in [0.5, 0.6) is 0 Å². The van der Waals surface area contributed by atoms with E-state index in [9.17, 15) is 0 Å². The fourth-order valence-corrected chi connectivity index (χ4v) is 4.12. The molecule has 0 aliphatic rings. The van der Waals surface area contributed by atoms with E-state index in [0.29, 0.717) is 0 Å². The van der Waals surface area contributed by atoms with Crippen LogP contribution in [0.25, 0.3) is 0 Å². The maximum Gasteiger partial charge on any atom is 0.0782 e. The minimum Gasteiger partial charge on any atom is -0.328 e. The second kappa shape index (κ2) is 19.3. The van der Waals surface area contributed by atoms with Gasteiger partial charge in [-0.2, -0.15) is 0 Å². The molecule has 0 spiro atoms. The monoisotopic (exact) mass is 382 g/mol. The van der Waals surface area contributed by atoms with E-state index in [1.54, 1.807) is 0 Å². The number of hydrogen-bond donors (Lipinski definition) is 0. The van der Waals surface area contributed by atoms with Gasteiger partial charge in [-0.1, -0.05) is 111 Å². The van der Waals surface area contributed by atoms with Crippen LogP contribution < -0.4 is 0 Å². The van der Waals surface area contributed by atoms with Crippen molar-refractivity contribution in [2.45, 2.75) is 136 Å². The Morgan fingerprint density at radius 2 is 0.815 bits per heavy atom. The van der Waals surface area contributed by atoms with E-state index in [-0.39, 0.29) is 0 Å². The second-order valence-corrected chi connectivity index (χ2v) is 10.2. The summed E-state index contributed by atoms with van der Waals surface area (Å²) in [6.07, 6.45) is 26.1. The fourth-order valence-electron chi connectivity index (χ4n) is 4.12. The van der Waals surface area contributed by atoms with Crippen molar-refractivity contribution in [2.24, 2.45) is 5.92 Å². The Morgan fingerprint density at radius 3 is 1.19 bits per heavy atom. The third kappa shape index (κ3) is 22.1. The van der Waals surface area contributed by atoms with Crippen molar-refractivity contribution in [3.63, 3.8) is 0 Å². The van der Waals surface area contributed by atoms with Crippen molar-refractivity contribution in [1.29, 1.82) is 0 Å². The lowest BCUT2D eigenvalue weighted by Crippen LogP contribution is -2.41. The third-order valence-corrected chi connectivity index (χ3v) is 6.16. The first-order valence-corrected chi connectivity index (χ1v) is 12.8. The molecule has 0 bridgehead atoms. The van der Waals surface area contributed by atoms with Crippen LogP contribution in [0.2, 0.25) is 0 Å². The molecule has 0 amide bonds. The SMILES string of the molecule is CCCCCCCCCCCCCCCCC[N+](C)(C)CCCCC(C)C. The molecule has 0 saturated carbocycles. The molecule has 164 valence electrons. The molecule has 0 aromatic rings. The molecule has 0 fully saturated rings. The van der Waals surface area contributed by atoms with Gasteiger partial charge in [0.25, 0.3) is 0 Å². The van der Waals surface area contributed by atoms with Gasteiger partial charge in [-0.05, 0) is 31.6 Å². The summed E-state index contributed by atoms with van der Waals surface area (Å²) in [7, 11) is 4.86. The average molecular weight is 383 g/mol. The van der Waals surface area contributed by atoms with Crippen molar-refractivity contribution in [2.75, 3.05) is 27.2 Å². The first kappa shape index (κ1) is 27.0. The van der Waals surface area contributed by atoms with Gasteiger partial charge < -0.3 is 4.48 Å². The molecule has 0 radical (unpaired) electrons. The summed E-state index contributed by atoms with van der Waals surface area (Å²) >= 11 is 0. The van der Waals surface area contributed by atoms with Gasteiger partial charge in [0.15, 0.2) is 0 Å². The van der Waals surface area contributed by atoms with Crippen LogP contribution in [-0.4, -0.2) is 31.7 Å². The summed E-state index contributed by atoms with van der Waals surface area (Å²) in [5.74, 6) is 0.871. The zero-order chi connectivity index (χ0) is 20.2. The molecule has 1 nitrogen and oxygen atoms in total. The van der Waals surface area contributed by atoms with Crippen molar-refractivity contribution >= 4 is 0 Å². The summed E-state index contributed by atoms with van der Waals surface area (Å²) < 4.78 is 1.23. The topological polar surface area (TPSA) is 0 Å². The molecule has 0 unspecified atom stereocenters. The lowest BCUT2D eigenvalue weighted by Gasteiger charge is -2.30. The van der Waals surface area contributed by atoms with Crippen LogP contribution in [0.3, 0.4) is 0 Å². The molecule has 27 heavy (non-hydrogen) atoms. The molecule has 0 saturated heterocycles. The molecule has 0 N–H and O–H groups in total. The Bertz CT molecular complexity index is 282. The maximum atomic E-state index is 2.43. The molecule has 0 heterocycles. The van der Waals surface area contributed by atoms with Gasteiger partial charge in [0, 0.05) is 0 Å². The van der Waals surface area contributed by atoms with Crippen molar-refractivity contribution in [3.05, 3.63) is 0 Å². The molecule has 0 aliphatic heterocycles. The minimum absolute atomic E-state index is 0.871. The molecule has 0 atom stereocenters. The fraction of sp³-hybridized carbons (Fsp3) is 1.00. The van der Waals surface area contributed by atoms with Gasteiger partial charge in [0.1, 0.15) is 0 Å². The van der Waals surface area contributed by atoms with Crippen LogP contribution in [0.15, 0.2) is 0 Å². The van der Waals surface area contributed by atoms with E-state index < -0.39 is 0 Å². The summed E-state index contributed by atoms with van der Waals surface area (Å²) in [5.41, 5.74) is 0. The zero-order valence-electron chi connectivity index (χ0n) is 20.2. The molecule has 0 aliphatic carbocycles. The van der Waals surface area contributed by atoms with E-state index in [1.807, 2.05) is 0 Å². The van der Waals surface area contributed by atoms with Crippen LogP contribution in [0, 0.1) is 5.92 Å². The zero-order valence-corrected chi connectivity index (χ0v) is 20.2. The van der Waals surface area contributed by atoms with E-state index in [0.717, 1.165) is 5.92 Å². The summed E-state index contributed by atoms with van der Waals surface area (Å²) in [5, 5.41) is 0. The van der Waals surface area contributed by atoms with Crippen LogP contribution in [-0.2, 0) is 0 Å². The van der Waals surface area contributed by atoms with Crippen LogP contribution >= 0.6 is 0 Å². The highest BCUT2D eigenvalue weighted by Gasteiger charge is 2.13. The normalized spacial score (nSPS) is 12.2. The predicted molar refractivity (Wildman–Crippen MR) is 125 cm³/mol. The highest BCUT2D eigenvalue weighted by molar-refractivity contribution is 4.50. The van der Waals surface area contributed by atoms with Gasteiger partial charge in [-0.15, -0.1) is 0 Å². The first-order chi connectivity index (χ1) is 13.0. The third-order valence-electron chi connectivity index (χ3n) is 6.16. The molecular formula is C26H56N+. The minimum atomic E-state index is 0.871. The van der Waals surface area contributed by atoms with Gasteiger partial charge in [0.05, 0.1) is 27.2 Å². The Kier molecular flexibility index (Phi) is 19.3. The van der Waals surface area contributed by atoms with Gasteiger partial charge in [-0.3, -0.25) is 0 Å². The quantitative estimate of drug-likeness (QED) is 0.137. The van der Waals surface area contributed by atoms with Crippen LogP contribution in [0.1, 0.15) is 136 Å². The molecular weight excluding hydrogens is 326 g/mol. The Hall–Kier alpha value is -0.0400. The molecule has 0 rings (SSSR count). The Balaban J connectivity index is 3.25. The smallest absolute Gasteiger partial charge is 0.0782 e. The Morgan fingerprint density at radius 1 is 0.481 bits per heavy atom. The van der Waals surface area contributed by atoms with Gasteiger partial charge in [0.2, 0.25) is 0 Å². The van der Waals surface area contributed by atoms with E-state index >= 15 is 0 Å². The summed E-state index contributed by atoms with van der Waals surface area (Å²) in [6.45, 7) is 9.73. The van der Waals surface area contributed by atoms with Crippen LogP contribution in [0.4, 0.5) is 0 Å². The van der Waals surface area contributed by atoms with E-state index in [1.165, 1.54) is 133 Å².